The molecule has 0 amide bonds. The predicted molar refractivity (Wildman–Crippen MR) is 68.0 cm³/mol. The number of aliphatic carboxylic acids is 1. The lowest BCUT2D eigenvalue weighted by molar-refractivity contribution is -0.132. The maximum Gasteiger partial charge on any atom is 0.330 e. The third kappa shape index (κ3) is 5.77. The molecule has 1 heterocycles. The van der Waals surface area contributed by atoms with Crippen molar-refractivity contribution >= 4 is 14.0 Å². The number of rotatable bonds is 1. The Kier molecular flexibility index (Phi) is 5.87. The molecule has 0 aromatic heterocycles. The molecule has 1 saturated heterocycles. The molecule has 0 radical (unpaired) electrons. The standard InChI is InChI=1S/C8H18Si.C4H6O2/c1-8-6-4-5-7-9(8,2)3;1-3(2)4(5)6/h8H,4-7H2,1-3H3;1H2,2H3,(H,5,6). The van der Waals surface area contributed by atoms with Crippen LogP contribution in [-0.2, 0) is 4.79 Å². The van der Waals surface area contributed by atoms with Crippen molar-refractivity contribution in [3.8, 4) is 0 Å². The van der Waals surface area contributed by atoms with Gasteiger partial charge < -0.3 is 5.11 Å². The van der Waals surface area contributed by atoms with Crippen LogP contribution in [0, 0.1) is 0 Å². The van der Waals surface area contributed by atoms with E-state index in [9.17, 15) is 4.79 Å². The fraction of sp³-hybridized carbons (Fsp3) is 0.750. The largest absolute Gasteiger partial charge is 0.478 e. The molecule has 0 aromatic carbocycles. The summed E-state index contributed by atoms with van der Waals surface area (Å²) in [6, 6.07) is 1.58. The molecule has 0 spiro atoms. The molecule has 1 unspecified atom stereocenters. The van der Waals surface area contributed by atoms with Gasteiger partial charge in [-0.1, -0.05) is 51.9 Å². The van der Waals surface area contributed by atoms with Crippen LogP contribution < -0.4 is 0 Å². The zero-order chi connectivity index (χ0) is 12.1. The number of hydrogen-bond donors (Lipinski definition) is 1. The molecule has 1 fully saturated rings. The van der Waals surface area contributed by atoms with Crippen LogP contribution in [0.25, 0.3) is 0 Å². The second-order valence-electron chi connectivity index (χ2n) is 5.22. The Balaban J connectivity index is 0.000000288. The summed E-state index contributed by atoms with van der Waals surface area (Å²) in [6.45, 7) is 12.1. The SMILES string of the molecule is C=C(C)C(=O)O.CC1CCCC[Si]1(C)C. The summed E-state index contributed by atoms with van der Waals surface area (Å²) in [5.41, 5.74) is 1.27. The normalized spacial score (nSPS) is 23.6. The summed E-state index contributed by atoms with van der Waals surface area (Å²) in [5, 5.41) is 7.89. The number of carbonyl (C=O) groups is 1. The van der Waals surface area contributed by atoms with Gasteiger partial charge in [-0.2, -0.15) is 0 Å². The van der Waals surface area contributed by atoms with Gasteiger partial charge in [-0.3, -0.25) is 0 Å². The van der Waals surface area contributed by atoms with E-state index in [2.05, 4.69) is 26.6 Å². The van der Waals surface area contributed by atoms with E-state index in [1.807, 2.05) is 0 Å². The minimum absolute atomic E-state index is 0.176. The van der Waals surface area contributed by atoms with Crippen molar-refractivity contribution in [1.82, 2.24) is 0 Å². The molecule has 0 bridgehead atoms. The molecule has 1 aliphatic rings. The topological polar surface area (TPSA) is 37.3 Å². The van der Waals surface area contributed by atoms with Crippen molar-refractivity contribution in [2.24, 2.45) is 0 Å². The minimum atomic E-state index is -0.935. The lowest BCUT2D eigenvalue weighted by atomic mass is 10.2. The highest BCUT2D eigenvalue weighted by molar-refractivity contribution is 6.78. The zero-order valence-electron chi connectivity index (χ0n) is 10.5. The van der Waals surface area contributed by atoms with Gasteiger partial charge in [0.05, 0.1) is 8.07 Å². The van der Waals surface area contributed by atoms with E-state index in [-0.39, 0.29) is 5.57 Å². The lowest BCUT2D eigenvalue weighted by Gasteiger charge is -2.34. The molecule has 3 heteroatoms. The predicted octanol–water partition coefficient (Wildman–Crippen LogP) is 3.92. The van der Waals surface area contributed by atoms with Gasteiger partial charge in [0.15, 0.2) is 0 Å². The molecule has 1 N–H and O–H groups in total. The number of hydrogen-bond acceptors (Lipinski definition) is 1. The van der Waals surface area contributed by atoms with Crippen LogP contribution in [0.4, 0.5) is 0 Å². The molecule has 1 atom stereocenters. The molecule has 0 aliphatic carbocycles. The maximum atomic E-state index is 9.60. The summed E-state index contributed by atoms with van der Waals surface area (Å²) >= 11 is 0. The first-order valence-electron chi connectivity index (χ1n) is 5.66. The van der Waals surface area contributed by atoms with Crippen molar-refractivity contribution in [3.05, 3.63) is 12.2 Å². The molecule has 15 heavy (non-hydrogen) atoms. The monoisotopic (exact) mass is 228 g/mol. The van der Waals surface area contributed by atoms with E-state index in [1.54, 1.807) is 6.04 Å². The first-order valence-corrected chi connectivity index (χ1v) is 8.94. The second kappa shape index (κ2) is 6.11. The van der Waals surface area contributed by atoms with Crippen LogP contribution in [0.3, 0.4) is 0 Å². The highest BCUT2D eigenvalue weighted by atomic mass is 28.3. The quantitative estimate of drug-likeness (QED) is 0.545. The van der Waals surface area contributed by atoms with Crippen LogP contribution in [0.5, 0.6) is 0 Å². The fourth-order valence-corrected chi connectivity index (χ4v) is 4.31. The third-order valence-corrected chi connectivity index (χ3v) is 8.01. The van der Waals surface area contributed by atoms with E-state index in [0.717, 1.165) is 5.54 Å². The van der Waals surface area contributed by atoms with Gasteiger partial charge in [-0.05, 0) is 12.5 Å². The van der Waals surface area contributed by atoms with E-state index >= 15 is 0 Å². The summed E-state index contributed by atoms with van der Waals surface area (Å²) in [5.74, 6) is -0.935. The molecule has 1 aliphatic heterocycles. The van der Waals surface area contributed by atoms with Crippen molar-refractivity contribution in [2.45, 2.75) is 57.8 Å². The Morgan fingerprint density at radius 1 is 1.40 bits per heavy atom. The van der Waals surface area contributed by atoms with Gasteiger partial charge in [0, 0.05) is 5.57 Å². The van der Waals surface area contributed by atoms with Crippen LogP contribution >= 0.6 is 0 Å². The summed E-state index contributed by atoms with van der Waals surface area (Å²) in [6.07, 6.45) is 4.53. The van der Waals surface area contributed by atoms with Crippen LogP contribution in [0.1, 0.15) is 33.1 Å². The molecular formula is C12H24O2Si. The first kappa shape index (κ1) is 14.4. The van der Waals surface area contributed by atoms with E-state index < -0.39 is 14.0 Å². The number of carboxylic acid groups (broad SMARTS) is 1. The van der Waals surface area contributed by atoms with Gasteiger partial charge >= 0.3 is 5.97 Å². The van der Waals surface area contributed by atoms with Gasteiger partial charge in [0.1, 0.15) is 0 Å². The summed E-state index contributed by atoms with van der Waals surface area (Å²) in [7, 11) is -0.694. The smallest absolute Gasteiger partial charge is 0.330 e. The molecule has 0 saturated carbocycles. The Morgan fingerprint density at radius 2 is 1.87 bits per heavy atom. The van der Waals surface area contributed by atoms with Crippen molar-refractivity contribution in [3.63, 3.8) is 0 Å². The Hall–Kier alpha value is -0.573. The molecular weight excluding hydrogens is 204 g/mol. The highest BCUT2D eigenvalue weighted by Gasteiger charge is 2.30. The third-order valence-electron chi connectivity index (χ3n) is 3.41. The molecule has 88 valence electrons. The molecule has 0 aromatic rings. The average molecular weight is 228 g/mol. The van der Waals surface area contributed by atoms with Crippen LogP contribution in [-0.4, -0.2) is 19.1 Å². The Bertz CT molecular complexity index is 222. The van der Waals surface area contributed by atoms with E-state index in [0.29, 0.717) is 0 Å². The van der Waals surface area contributed by atoms with Crippen LogP contribution in [0.2, 0.25) is 24.7 Å². The minimum Gasteiger partial charge on any atom is -0.478 e. The summed E-state index contributed by atoms with van der Waals surface area (Å²) in [4.78, 5) is 9.60. The summed E-state index contributed by atoms with van der Waals surface area (Å²) < 4.78 is 0. The van der Waals surface area contributed by atoms with E-state index in [4.69, 9.17) is 5.11 Å². The first-order chi connectivity index (χ1) is 6.77. The van der Waals surface area contributed by atoms with Gasteiger partial charge in [0.2, 0.25) is 0 Å². The second-order valence-corrected chi connectivity index (χ2v) is 10.7. The lowest BCUT2D eigenvalue weighted by Crippen LogP contribution is -2.33. The van der Waals surface area contributed by atoms with Crippen molar-refractivity contribution in [1.29, 1.82) is 0 Å². The maximum absolute atomic E-state index is 9.60. The van der Waals surface area contributed by atoms with Gasteiger partial charge in [-0.25, -0.2) is 4.79 Å². The Labute approximate surface area is 94.4 Å². The number of carboxylic acids is 1. The fourth-order valence-electron chi connectivity index (χ4n) is 1.67. The van der Waals surface area contributed by atoms with E-state index in [1.165, 1.54) is 26.2 Å². The average Bonchev–Trinajstić information content (AvgIpc) is 2.11. The molecule has 1 rings (SSSR count). The van der Waals surface area contributed by atoms with Crippen LogP contribution in [0.15, 0.2) is 12.2 Å². The zero-order valence-corrected chi connectivity index (χ0v) is 11.5. The van der Waals surface area contributed by atoms with Gasteiger partial charge in [-0.15, -0.1) is 0 Å². The Morgan fingerprint density at radius 3 is 2.07 bits per heavy atom. The van der Waals surface area contributed by atoms with Crippen molar-refractivity contribution in [2.75, 3.05) is 0 Å². The van der Waals surface area contributed by atoms with Crippen molar-refractivity contribution < 1.29 is 9.90 Å². The van der Waals surface area contributed by atoms with Gasteiger partial charge in [0.25, 0.3) is 0 Å². The molecule has 2 nitrogen and oxygen atoms in total. The highest BCUT2D eigenvalue weighted by Crippen LogP contribution is 2.36.